The van der Waals surface area contributed by atoms with Crippen molar-refractivity contribution in [3.8, 4) is 0 Å². The van der Waals surface area contributed by atoms with E-state index < -0.39 is 0 Å². The summed E-state index contributed by atoms with van der Waals surface area (Å²) in [5, 5.41) is 3.32. The first kappa shape index (κ1) is 14.4. The van der Waals surface area contributed by atoms with E-state index in [1.807, 2.05) is 0 Å². The van der Waals surface area contributed by atoms with Crippen LogP contribution in [0.5, 0.6) is 0 Å². The van der Waals surface area contributed by atoms with Gasteiger partial charge in [-0.25, -0.2) is 0 Å². The van der Waals surface area contributed by atoms with E-state index in [-0.39, 0.29) is 5.91 Å². The van der Waals surface area contributed by atoms with Crippen LogP contribution in [0.3, 0.4) is 0 Å². The zero-order valence-electron chi connectivity index (χ0n) is 13.1. The van der Waals surface area contributed by atoms with Crippen molar-refractivity contribution in [1.82, 2.24) is 10.2 Å². The third kappa shape index (κ3) is 3.55. The molecule has 1 amide bonds. The summed E-state index contributed by atoms with van der Waals surface area (Å²) >= 11 is 0. The number of carbonyl (C=O) groups is 1. The molecule has 0 radical (unpaired) electrons. The molecule has 0 saturated heterocycles. The molecule has 114 valence electrons. The van der Waals surface area contributed by atoms with Gasteiger partial charge in [-0.15, -0.1) is 0 Å². The molecular formula is C17H30N2O. The van der Waals surface area contributed by atoms with Crippen LogP contribution in [0.25, 0.3) is 0 Å². The van der Waals surface area contributed by atoms with Gasteiger partial charge in [0.15, 0.2) is 0 Å². The van der Waals surface area contributed by atoms with Crippen LogP contribution in [0.1, 0.15) is 65.2 Å². The molecule has 0 aromatic carbocycles. The first-order valence-corrected chi connectivity index (χ1v) is 8.70. The van der Waals surface area contributed by atoms with Crippen LogP contribution in [0.2, 0.25) is 0 Å². The summed E-state index contributed by atoms with van der Waals surface area (Å²) in [5.41, 5.74) is 0. The molecule has 1 N–H and O–H groups in total. The Morgan fingerprint density at radius 1 is 1.15 bits per heavy atom. The summed E-state index contributed by atoms with van der Waals surface area (Å²) < 4.78 is 0. The first-order valence-electron chi connectivity index (χ1n) is 8.70. The first-order chi connectivity index (χ1) is 9.65. The molecule has 3 rings (SSSR count). The molecule has 0 aliphatic heterocycles. The highest BCUT2D eigenvalue weighted by Crippen LogP contribution is 2.39. The van der Waals surface area contributed by atoms with Crippen LogP contribution in [0, 0.1) is 11.8 Å². The van der Waals surface area contributed by atoms with Crippen LogP contribution in [0.15, 0.2) is 0 Å². The Morgan fingerprint density at radius 2 is 1.85 bits per heavy atom. The summed E-state index contributed by atoms with van der Waals surface area (Å²) in [6, 6.07) is 1.73. The minimum atomic E-state index is 0.267. The number of carbonyl (C=O) groups excluding carboxylic acids is 1. The quantitative estimate of drug-likeness (QED) is 0.810. The number of hydrogen-bond donors (Lipinski definition) is 1. The molecule has 3 nitrogen and oxygen atoms in total. The Kier molecular flexibility index (Phi) is 4.34. The summed E-state index contributed by atoms with van der Waals surface area (Å²) in [7, 11) is 0. The molecule has 3 atom stereocenters. The lowest BCUT2D eigenvalue weighted by Crippen LogP contribution is -2.48. The van der Waals surface area contributed by atoms with E-state index in [1.54, 1.807) is 0 Å². The Labute approximate surface area is 123 Å². The van der Waals surface area contributed by atoms with E-state index in [1.165, 1.54) is 51.4 Å². The van der Waals surface area contributed by atoms with Gasteiger partial charge in [-0.3, -0.25) is 9.69 Å². The van der Waals surface area contributed by atoms with Gasteiger partial charge < -0.3 is 5.32 Å². The Bertz CT molecular complexity index is 349. The molecule has 0 spiro atoms. The van der Waals surface area contributed by atoms with Crippen LogP contribution >= 0.6 is 0 Å². The van der Waals surface area contributed by atoms with Crippen LogP contribution in [-0.4, -0.2) is 35.5 Å². The molecule has 3 saturated carbocycles. The lowest BCUT2D eigenvalue weighted by molar-refractivity contribution is -0.124. The number of rotatable bonds is 6. The Balaban J connectivity index is 1.50. The monoisotopic (exact) mass is 278 g/mol. The highest BCUT2D eigenvalue weighted by Gasteiger charge is 2.40. The molecule has 0 bridgehead atoms. The molecule has 0 aromatic rings. The molecule has 3 aliphatic carbocycles. The van der Waals surface area contributed by atoms with Crippen molar-refractivity contribution in [3.63, 3.8) is 0 Å². The van der Waals surface area contributed by atoms with Gasteiger partial charge in [-0.1, -0.05) is 19.8 Å². The fourth-order valence-corrected chi connectivity index (χ4v) is 3.81. The molecule has 3 fully saturated rings. The van der Waals surface area contributed by atoms with Gasteiger partial charge >= 0.3 is 0 Å². The minimum absolute atomic E-state index is 0.267. The second kappa shape index (κ2) is 6.05. The zero-order valence-corrected chi connectivity index (χ0v) is 13.1. The normalized spacial score (nSPS) is 32.1. The largest absolute Gasteiger partial charge is 0.352 e. The van der Waals surface area contributed by atoms with Crippen molar-refractivity contribution in [2.45, 2.75) is 83.3 Å². The van der Waals surface area contributed by atoms with Gasteiger partial charge in [0.1, 0.15) is 0 Å². The number of nitrogens with zero attached hydrogens (tertiary/aromatic N) is 1. The molecule has 0 aromatic heterocycles. The maximum absolute atomic E-state index is 12.4. The SMILES string of the molecule is C[C@@H]1CCCC[C@@H]1NC(=O)CN(C1CC1)[C@@H](C)C1CC1. The number of amides is 1. The third-order valence-corrected chi connectivity index (χ3v) is 5.63. The van der Waals surface area contributed by atoms with Crippen LogP contribution in [-0.2, 0) is 4.79 Å². The molecule has 3 aliphatic rings. The highest BCUT2D eigenvalue weighted by atomic mass is 16.2. The topological polar surface area (TPSA) is 32.3 Å². The van der Waals surface area contributed by atoms with Crippen molar-refractivity contribution in [2.24, 2.45) is 11.8 Å². The fourth-order valence-electron chi connectivity index (χ4n) is 3.81. The average Bonchev–Trinajstić information content (AvgIpc) is 3.30. The van der Waals surface area contributed by atoms with Gasteiger partial charge in [0.05, 0.1) is 6.54 Å². The van der Waals surface area contributed by atoms with E-state index in [0.717, 1.165) is 5.92 Å². The highest BCUT2D eigenvalue weighted by molar-refractivity contribution is 5.78. The van der Waals surface area contributed by atoms with Crippen molar-refractivity contribution in [3.05, 3.63) is 0 Å². The number of nitrogens with one attached hydrogen (secondary N) is 1. The van der Waals surface area contributed by atoms with E-state index in [2.05, 4.69) is 24.1 Å². The maximum Gasteiger partial charge on any atom is 0.234 e. The molecule has 0 heterocycles. The minimum Gasteiger partial charge on any atom is -0.352 e. The summed E-state index contributed by atoms with van der Waals surface area (Å²) in [6.45, 7) is 5.24. The van der Waals surface area contributed by atoms with E-state index in [9.17, 15) is 4.79 Å². The fraction of sp³-hybridized carbons (Fsp3) is 0.941. The summed E-state index contributed by atoms with van der Waals surface area (Å²) in [4.78, 5) is 14.9. The van der Waals surface area contributed by atoms with Gasteiger partial charge in [0.25, 0.3) is 0 Å². The van der Waals surface area contributed by atoms with E-state index in [0.29, 0.717) is 30.6 Å². The smallest absolute Gasteiger partial charge is 0.234 e. The van der Waals surface area contributed by atoms with Crippen molar-refractivity contribution in [2.75, 3.05) is 6.54 Å². The second-order valence-electron chi connectivity index (χ2n) is 7.42. The van der Waals surface area contributed by atoms with Crippen molar-refractivity contribution in [1.29, 1.82) is 0 Å². The Morgan fingerprint density at radius 3 is 2.45 bits per heavy atom. The predicted octanol–water partition coefficient (Wildman–Crippen LogP) is 2.94. The van der Waals surface area contributed by atoms with Crippen molar-refractivity contribution < 1.29 is 4.79 Å². The van der Waals surface area contributed by atoms with Gasteiger partial charge in [0.2, 0.25) is 5.91 Å². The van der Waals surface area contributed by atoms with Crippen molar-refractivity contribution >= 4 is 5.91 Å². The zero-order chi connectivity index (χ0) is 14.1. The standard InChI is InChI=1S/C17H30N2O/c1-12-5-3-4-6-16(12)18-17(20)11-19(15-9-10-15)13(2)14-7-8-14/h12-16H,3-11H2,1-2H3,(H,18,20)/t12-,13+,16+/m1/s1. The lowest BCUT2D eigenvalue weighted by atomic mass is 9.86. The van der Waals surface area contributed by atoms with Crippen LogP contribution < -0.4 is 5.32 Å². The third-order valence-electron chi connectivity index (χ3n) is 5.63. The molecule has 0 unspecified atom stereocenters. The summed E-state index contributed by atoms with van der Waals surface area (Å²) in [5.74, 6) is 1.78. The molecular weight excluding hydrogens is 248 g/mol. The van der Waals surface area contributed by atoms with E-state index in [4.69, 9.17) is 0 Å². The molecule has 20 heavy (non-hydrogen) atoms. The van der Waals surface area contributed by atoms with Gasteiger partial charge in [-0.2, -0.15) is 0 Å². The van der Waals surface area contributed by atoms with Crippen LogP contribution in [0.4, 0.5) is 0 Å². The maximum atomic E-state index is 12.4. The average molecular weight is 278 g/mol. The number of hydrogen-bond acceptors (Lipinski definition) is 2. The van der Waals surface area contributed by atoms with Gasteiger partial charge in [0, 0.05) is 18.1 Å². The van der Waals surface area contributed by atoms with Gasteiger partial charge in [-0.05, 0) is 57.3 Å². The predicted molar refractivity (Wildman–Crippen MR) is 81.5 cm³/mol. The molecule has 3 heteroatoms. The lowest BCUT2D eigenvalue weighted by Gasteiger charge is -2.32. The Hall–Kier alpha value is -0.570. The second-order valence-corrected chi connectivity index (χ2v) is 7.42. The summed E-state index contributed by atoms with van der Waals surface area (Å²) in [6.07, 6.45) is 10.4. The van der Waals surface area contributed by atoms with E-state index >= 15 is 0 Å².